The van der Waals surface area contributed by atoms with Crippen molar-refractivity contribution in [2.45, 2.75) is 46.6 Å². The Kier molecular flexibility index (Phi) is 5.48. The summed E-state index contributed by atoms with van der Waals surface area (Å²) < 4.78 is 13.7. The smallest absolute Gasteiger partial charge is 0.123 e. The highest BCUT2D eigenvalue weighted by Gasteiger charge is 2.20. The molecule has 0 aliphatic carbocycles. The molecule has 0 bridgehead atoms. The maximum Gasteiger partial charge on any atom is 0.123 e. The summed E-state index contributed by atoms with van der Waals surface area (Å²) in [7, 11) is 0. The Morgan fingerprint density at radius 3 is 2.67 bits per heavy atom. The van der Waals surface area contributed by atoms with Crippen LogP contribution in [0.5, 0.6) is 0 Å². The standard InChI is InChI=1S/C17H23FN2S/c1-5-9-19-16(14-10-13(18)8-7-11(14)3)17-20-15(6-2)12(4)21-17/h7-8,10,16,19H,5-6,9H2,1-4H3. The number of thiazole rings is 1. The first kappa shape index (κ1) is 16.1. The van der Waals surface area contributed by atoms with Crippen LogP contribution in [-0.4, -0.2) is 11.5 Å². The van der Waals surface area contributed by atoms with Gasteiger partial charge < -0.3 is 5.32 Å². The van der Waals surface area contributed by atoms with Crippen molar-refractivity contribution in [3.8, 4) is 0 Å². The monoisotopic (exact) mass is 306 g/mol. The van der Waals surface area contributed by atoms with Gasteiger partial charge in [0.25, 0.3) is 0 Å². The van der Waals surface area contributed by atoms with Gasteiger partial charge in [-0.2, -0.15) is 0 Å². The lowest BCUT2D eigenvalue weighted by atomic mass is 10.0. The maximum absolute atomic E-state index is 13.7. The fourth-order valence-corrected chi connectivity index (χ4v) is 3.55. The molecule has 0 fully saturated rings. The molecule has 2 nitrogen and oxygen atoms in total. The number of nitrogens with one attached hydrogen (secondary N) is 1. The minimum atomic E-state index is -0.192. The molecule has 0 spiro atoms. The average Bonchev–Trinajstić information content (AvgIpc) is 2.84. The van der Waals surface area contributed by atoms with Crippen LogP contribution in [0.25, 0.3) is 0 Å². The van der Waals surface area contributed by atoms with E-state index in [1.165, 1.54) is 10.9 Å². The summed E-state index contributed by atoms with van der Waals surface area (Å²) in [5.41, 5.74) is 3.23. The van der Waals surface area contributed by atoms with Gasteiger partial charge in [-0.3, -0.25) is 0 Å². The summed E-state index contributed by atoms with van der Waals surface area (Å²) in [4.78, 5) is 6.02. The quantitative estimate of drug-likeness (QED) is 0.847. The number of aryl methyl sites for hydroxylation is 3. The van der Waals surface area contributed by atoms with Crippen LogP contribution in [-0.2, 0) is 6.42 Å². The van der Waals surface area contributed by atoms with Crippen LogP contribution in [0.15, 0.2) is 18.2 Å². The Morgan fingerprint density at radius 1 is 1.29 bits per heavy atom. The Labute approximate surface area is 130 Å². The minimum Gasteiger partial charge on any atom is -0.304 e. The Balaban J connectivity index is 2.44. The van der Waals surface area contributed by atoms with Crippen molar-refractivity contribution in [1.29, 1.82) is 0 Å². The first-order valence-corrected chi connectivity index (χ1v) is 8.34. The Morgan fingerprint density at radius 2 is 2.05 bits per heavy atom. The summed E-state index contributed by atoms with van der Waals surface area (Å²) in [5.74, 6) is -0.192. The van der Waals surface area contributed by atoms with E-state index in [0.29, 0.717) is 0 Å². The third-order valence-corrected chi connectivity index (χ3v) is 4.72. The molecule has 114 valence electrons. The lowest BCUT2D eigenvalue weighted by Gasteiger charge is -2.19. The van der Waals surface area contributed by atoms with Crippen LogP contribution in [0.4, 0.5) is 4.39 Å². The predicted octanol–water partition coefficient (Wildman–Crippen LogP) is 4.55. The SMILES string of the molecule is CCCNC(c1nc(CC)c(C)s1)c1cc(F)ccc1C. The predicted molar refractivity (Wildman–Crippen MR) is 87.5 cm³/mol. The van der Waals surface area contributed by atoms with Crippen molar-refractivity contribution >= 4 is 11.3 Å². The minimum absolute atomic E-state index is 0.0235. The van der Waals surface area contributed by atoms with E-state index in [4.69, 9.17) is 4.98 Å². The van der Waals surface area contributed by atoms with Gasteiger partial charge >= 0.3 is 0 Å². The zero-order valence-electron chi connectivity index (χ0n) is 13.2. The fraction of sp³-hybridized carbons (Fsp3) is 0.471. The normalized spacial score (nSPS) is 12.6. The molecule has 0 aliphatic rings. The van der Waals surface area contributed by atoms with Crippen molar-refractivity contribution in [1.82, 2.24) is 10.3 Å². The summed E-state index contributed by atoms with van der Waals surface area (Å²) >= 11 is 1.71. The first-order chi connectivity index (χ1) is 10.1. The van der Waals surface area contributed by atoms with E-state index in [1.807, 2.05) is 13.0 Å². The molecular formula is C17H23FN2S. The van der Waals surface area contributed by atoms with E-state index in [9.17, 15) is 4.39 Å². The van der Waals surface area contributed by atoms with Crippen LogP contribution in [0.1, 0.15) is 53.0 Å². The molecule has 2 aromatic rings. The second kappa shape index (κ2) is 7.14. The van der Waals surface area contributed by atoms with Gasteiger partial charge in [-0.25, -0.2) is 9.37 Å². The van der Waals surface area contributed by atoms with Crippen LogP contribution >= 0.6 is 11.3 Å². The van der Waals surface area contributed by atoms with Gasteiger partial charge in [0.1, 0.15) is 10.8 Å². The molecule has 0 saturated carbocycles. The highest BCUT2D eigenvalue weighted by atomic mass is 32.1. The first-order valence-electron chi connectivity index (χ1n) is 7.52. The van der Waals surface area contributed by atoms with E-state index in [-0.39, 0.29) is 11.9 Å². The third kappa shape index (κ3) is 3.69. The number of halogens is 1. The van der Waals surface area contributed by atoms with E-state index in [0.717, 1.165) is 41.2 Å². The number of aromatic nitrogens is 1. The maximum atomic E-state index is 13.7. The second-order valence-corrected chi connectivity index (χ2v) is 6.53. The van der Waals surface area contributed by atoms with Crippen LogP contribution < -0.4 is 5.32 Å². The molecule has 0 radical (unpaired) electrons. The molecule has 0 aliphatic heterocycles. The van der Waals surface area contributed by atoms with E-state index in [1.54, 1.807) is 17.4 Å². The fourth-order valence-electron chi connectivity index (χ4n) is 2.44. The molecule has 2 rings (SSSR count). The number of hydrogen-bond donors (Lipinski definition) is 1. The molecule has 1 heterocycles. The molecule has 0 amide bonds. The summed E-state index contributed by atoms with van der Waals surface area (Å²) in [6.07, 6.45) is 1.97. The van der Waals surface area contributed by atoms with Crippen molar-refractivity contribution in [3.63, 3.8) is 0 Å². The Bertz CT molecular complexity index is 607. The molecule has 1 atom stereocenters. The van der Waals surface area contributed by atoms with Crippen molar-refractivity contribution < 1.29 is 4.39 Å². The molecule has 21 heavy (non-hydrogen) atoms. The highest BCUT2D eigenvalue weighted by molar-refractivity contribution is 7.11. The summed E-state index contributed by atoms with van der Waals surface area (Å²) in [5, 5.41) is 4.55. The molecule has 1 N–H and O–H groups in total. The number of nitrogens with zero attached hydrogens (tertiary/aromatic N) is 1. The molecule has 4 heteroatoms. The van der Waals surface area contributed by atoms with Crippen LogP contribution in [0.3, 0.4) is 0 Å². The molecular weight excluding hydrogens is 283 g/mol. The number of rotatable bonds is 6. The van der Waals surface area contributed by atoms with E-state index >= 15 is 0 Å². The van der Waals surface area contributed by atoms with Crippen LogP contribution in [0, 0.1) is 19.7 Å². The molecule has 0 saturated heterocycles. The molecule has 1 unspecified atom stereocenters. The third-order valence-electron chi connectivity index (χ3n) is 3.64. The van der Waals surface area contributed by atoms with Crippen molar-refractivity contribution in [2.75, 3.05) is 6.54 Å². The van der Waals surface area contributed by atoms with Crippen molar-refractivity contribution in [2.24, 2.45) is 0 Å². The molecule has 1 aromatic heterocycles. The van der Waals surface area contributed by atoms with Crippen LogP contribution in [0.2, 0.25) is 0 Å². The highest BCUT2D eigenvalue weighted by Crippen LogP contribution is 2.30. The average molecular weight is 306 g/mol. The van der Waals surface area contributed by atoms with Gasteiger partial charge in [0.15, 0.2) is 0 Å². The van der Waals surface area contributed by atoms with Crippen molar-refractivity contribution in [3.05, 3.63) is 50.7 Å². The van der Waals surface area contributed by atoms with E-state index in [2.05, 4.69) is 26.1 Å². The number of benzene rings is 1. The van der Waals surface area contributed by atoms with E-state index < -0.39 is 0 Å². The lowest BCUT2D eigenvalue weighted by molar-refractivity contribution is 0.580. The molecule has 1 aromatic carbocycles. The van der Waals surface area contributed by atoms with Gasteiger partial charge in [0.2, 0.25) is 0 Å². The van der Waals surface area contributed by atoms with Gasteiger partial charge in [0, 0.05) is 4.88 Å². The largest absolute Gasteiger partial charge is 0.304 e. The zero-order valence-corrected chi connectivity index (χ0v) is 14.0. The Hall–Kier alpha value is -1.26. The summed E-state index contributed by atoms with van der Waals surface area (Å²) in [6.45, 7) is 9.27. The topological polar surface area (TPSA) is 24.9 Å². The summed E-state index contributed by atoms with van der Waals surface area (Å²) in [6, 6.07) is 4.96. The second-order valence-electron chi connectivity index (χ2n) is 5.30. The van der Waals surface area contributed by atoms with Gasteiger partial charge in [-0.15, -0.1) is 11.3 Å². The van der Waals surface area contributed by atoms with Gasteiger partial charge in [-0.1, -0.05) is 19.9 Å². The zero-order chi connectivity index (χ0) is 15.4. The lowest BCUT2D eigenvalue weighted by Crippen LogP contribution is -2.24. The number of hydrogen-bond acceptors (Lipinski definition) is 3. The van der Waals surface area contributed by atoms with Gasteiger partial charge in [-0.05, 0) is 56.5 Å². The van der Waals surface area contributed by atoms with Gasteiger partial charge in [0.05, 0.1) is 11.7 Å².